The van der Waals surface area contributed by atoms with Gasteiger partial charge in [0.1, 0.15) is 0 Å². The number of aryl methyl sites for hydroxylation is 1. The third-order valence-electron chi connectivity index (χ3n) is 3.23. The molecule has 0 bridgehead atoms. The number of rotatable bonds is 3. The number of benzene rings is 1. The summed E-state index contributed by atoms with van der Waals surface area (Å²) in [6.45, 7) is 0.0456. The van der Waals surface area contributed by atoms with Crippen molar-refractivity contribution in [3.05, 3.63) is 40.7 Å². The Morgan fingerprint density at radius 1 is 1.40 bits per heavy atom. The summed E-state index contributed by atoms with van der Waals surface area (Å²) in [5, 5.41) is 5.77. The Morgan fingerprint density at radius 3 is 2.88 bits per heavy atom. The molecule has 0 saturated carbocycles. The molecule has 0 radical (unpaired) electrons. The molecule has 1 amide bonds. The summed E-state index contributed by atoms with van der Waals surface area (Å²) in [5.41, 5.74) is -1.05. The first kappa shape index (κ1) is 17.2. The first-order chi connectivity index (χ1) is 11.7. The van der Waals surface area contributed by atoms with Crippen LogP contribution in [0.1, 0.15) is 11.3 Å². The van der Waals surface area contributed by atoms with E-state index in [1.54, 1.807) is 12.1 Å². The number of carbonyl (C=O) groups is 1. The number of carbonyl (C=O) groups excluding carboxylic acids is 1. The van der Waals surface area contributed by atoms with Crippen LogP contribution in [0, 0.1) is 0 Å². The van der Waals surface area contributed by atoms with Crippen LogP contribution in [0.25, 0.3) is 6.08 Å². The van der Waals surface area contributed by atoms with Gasteiger partial charge in [-0.25, -0.2) is 0 Å². The lowest BCUT2D eigenvalue weighted by atomic mass is 10.2. The van der Waals surface area contributed by atoms with Gasteiger partial charge >= 0.3 is 6.18 Å². The van der Waals surface area contributed by atoms with Crippen molar-refractivity contribution < 1.29 is 27.4 Å². The molecule has 1 aromatic heterocycles. The molecule has 2 heterocycles. The Morgan fingerprint density at radius 2 is 2.16 bits per heavy atom. The molecule has 0 spiro atoms. The summed E-state index contributed by atoms with van der Waals surface area (Å²) in [6, 6.07) is 3.15. The van der Waals surface area contributed by atoms with E-state index in [4.69, 9.17) is 21.1 Å². The second kappa shape index (κ2) is 6.32. The molecule has 0 atom stereocenters. The van der Waals surface area contributed by atoms with Gasteiger partial charge in [-0.1, -0.05) is 11.6 Å². The molecule has 2 aromatic rings. The summed E-state index contributed by atoms with van der Waals surface area (Å²) in [6.07, 6.45) is -1.11. The fraction of sp³-hybridized carbons (Fsp3) is 0.200. The monoisotopic (exact) mass is 373 g/mol. The van der Waals surface area contributed by atoms with Gasteiger partial charge in [0.25, 0.3) is 0 Å². The van der Waals surface area contributed by atoms with E-state index in [1.807, 2.05) is 0 Å². The fourth-order valence-corrected chi connectivity index (χ4v) is 2.49. The zero-order valence-corrected chi connectivity index (χ0v) is 13.5. The zero-order chi connectivity index (χ0) is 18.2. The molecular weight excluding hydrogens is 363 g/mol. The first-order valence-corrected chi connectivity index (χ1v) is 7.31. The van der Waals surface area contributed by atoms with Gasteiger partial charge < -0.3 is 14.8 Å². The predicted octanol–water partition coefficient (Wildman–Crippen LogP) is 3.47. The highest BCUT2D eigenvalue weighted by molar-refractivity contribution is 6.32. The number of ether oxygens (including phenoxy) is 2. The highest BCUT2D eigenvalue weighted by Crippen LogP contribution is 2.40. The molecule has 6 nitrogen and oxygen atoms in total. The van der Waals surface area contributed by atoms with Gasteiger partial charge in [0.15, 0.2) is 17.2 Å². The Balaban J connectivity index is 1.76. The van der Waals surface area contributed by atoms with Crippen molar-refractivity contribution in [2.45, 2.75) is 6.18 Å². The largest absolute Gasteiger partial charge is 0.454 e. The summed E-state index contributed by atoms with van der Waals surface area (Å²) >= 11 is 6.02. The topological polar surface area (TPSA) is 65.4 Å². The van der Waals surface area contributed by atoms with Crippen molar-refractivity contribution in [3.63, 3.8) is 0 Å². The van der Waals surface area contributed by atoms with Gasteiger partial charge in [-0.3, -0.25) is 9.48 Å². The van der Waals surface area contributed by atoms with E-state index in [2.05, 4.69) is 10.4 Å². The van der Waals surface area contributed by atoms with E-state index in [1.165, 1.54) is 13.1 Å². The molecule has 10 heteroatoms. The molecule has 1 aliphatic heterocycles. The van der Waals surface area contributed by atoms with Crippen molar-refractivity contribution in [1.82, 2.24) is 9.78 Å². The Labute approximate surface area is 144 Å². The fourth-order valence-electron chi connectivity index (χ4n) is 2.22. The minimum atomic E-state index is -4.67. The van der Waals surface area contributed by atoms with Crippen LogP contribution in [0.15, 0.2) is 24.4 Å². The second-order valence-corrected chi connectivity index (χ2v) is 5.53. The van der Waals surface area contributed by atoms with E-state index < -0.39 is 23.5 Å². The van der Waals surface area contributed by atoms with Crippen LogP contribution in [-0.2, 0) is 18.0 Å². The number of nitrogens with zero attached hydrogens (tertiary/aromatic N) is 2. The van der Waals surface area contributed by atoms with Gasteiger partial charge in [0.2, 0.25) is 12.7 Å². The van der Waals surface area contributed by atoms with Crippen LogP contribution in [0.2, 0.25) is 5.02 Å². The Hall–Kier alpha value is -2.68. The van der Waals surface area contributed by atoms with Gasteiger partial charge in [0.05, 0.1) is 10.7 Å². The molecule has 1 N–H and O–H groups in total. The molecular formula is C15H11ClF3N3O3. The van der Waals surface area contributed by atoms with Gasteiger partial charge in [-0.15, -0.1) is 0 Å². The van der Waals surface area contributed by atoms with E-state index in [0.29, 0.717) is 22.1 Å². The highest BCUT2D eigenvalue weighted by Gasteiger charge is 2.37. The van der Waals surface area contributed by atoms with Crippen molar-refractivity contribution in [2.24, 2.45) is 7.05 Å². The van der Waals surface area contributed by atoms with E-state index in [-0.39, 0.29) is 6.79 Å². The van der Waals surface area contributed by atoms with Crippen molar-refractivity contribution in [3.8, 4) is 11.5 Å². The Kier molecular flexibility index (Phi) is 4.34. The number of hydrogen-bond donors (Lipinski definition) is 1. The lowest BCUT2D eigenvalue weighted by Gasteiger charge is -2.06. The molecule has 1 aliphatic rings. The summed E-state index contributed by atoms with van der Waals surface area (Å²) < 4.78 is 49.9. The van der Waals surface area contributed by atoms with Crippen LogP contribution in [0.4, 0.5) is 18.9 Å². The number of alkyl halides is 3. The maximum Gasteiger partial charge on any atom is 0.437 e. The Bertz CT molecular complexity index is 862. The maximum absolute atomic E-state index is 12.8. The summed E-state index contributed by atoms with van der Waals surface area (Å²) in [7, 11) is 1.33. The molecule has 0 unspecified atom stereocenters. The highest BCUT2D eigenvalue weighted by atomic mass is 35.5. The van der Waals surface area contributed by atoms with E-state index in [0.717, 1.165) is 17.0 Å². The SMILES string of the molecule is Cn1cc(NC(=O)C=Cc2cc(Cl)c3c(c2)OCO3)c(C(F)(F)F)n1. The minimum Gasteiger partial charge on any atom is -0.454 e. The third-order valence-corrected chi connectivity index (χ3v) is 3.51. The van der Waals surface area contributed by atoms with Crippen molar-refractivity contribution >= 4 is 29.3 Å². The molecule has 25 heavy (non-hydrogen) atoms. The van der Waals surface area contributed by atoms with Crippen LogP contribution in [0.5, 0.6) is 11.5 Å². The second-order valence-electron chi connectivity index (χ2n) is 5.12. The predicted molar refractivity (Wildman–Crippen MR) is 83.4 cm³/mol. The number of amides is 1. The number of nitrogens with one attached hydrogen (secondary N) is 1. The molecule has 132 valence electrons. The molecule has 0 aliphatic carbocycles. The number of fused-ring (bicyclic) bond motifs is 1. The van der Waals surface area contributed by atoms with Crippen molar-refractivity contribution in [2.75, 3.05) is 12.1 Å². The lowest BCUT2D eigenvalue weighted by Crippen LogP contribution is -2.14. The summed E-state index contributed by atoms with van der Waals surface area (Å²) in [5.74, 6) is 0.0971. The van der Waals surface area contributed by atoms with Crippen LogP contribution < -0.4 is 14.8 Å². The zero-order valence-electron chi connectivity index (χ0n) is 12.7. The van der Waals surface area contributed by atoms with Crippen LogP contribution in [0.3, 0.4) is 0 Å². The average molecular weight is 374 g/mol. The maximum atomic E-state index is 12.8. The minimum absolute atomic E-state index is 0.0456. The number of anilines is 1. The third kappa shape index (κ3) is 3.71. The lowest BCUT2D eigenvalue weighted by molar-refractivity contribution is -0.140. The molecule has 1 aromatic carbocycles. The number of halogens is 4. The number of aromatic nitrogens is 2. The van der Waals surface area contributed by atoms with Crippen LogP contribution >= 0.6 is 11.6 Å². The normalized spacial score (nSPS) is 13.5. The standard InChI is InChI=1S/C15H11ClF3N3O3/c1-22-6-10(14(21-22)15(17,18)19)20-12(23)3-2-8-4-9(16)13-11(5-8)24-7-25-13/h2-6H,7H2,1H3,(H,20,23). The summed E-state index contributed by atoms with van der Waals surface area (Å²) in [4.78, 5) is 11.9. The van der Waals surface area contributed by atoms with Gasteiger partial charge in [-0.05, 0) is 23.8 Å². The quantitative estimate of drug-likeness (QED) is 0.837. The van der Waals surface area contributed by atoms with Gasteiger partial charge in [0, 0.05) is 19.3 Å². The van der Waals surface area contributed by atoms with Crippen molar-refractivity contribution in [1.29, 1.82) is 0 Å². The van der Waals surface area contributed by atoms with E-state index in [9.17, 15) is 18.0 Å². The average Bonchev–Trinajstić information content (AvgIpc) is 3.11. The molecule has 0 saturated heterocycles. The first-order valence-electron chi connectivity index (χ1n) is 6.93. The molecule has 3 rings (SSSR count). The smallest absolute Gasteiger partial charge is 0.437 e. The molecule has 0 fully saturated rings. The van der Waals surface area contributed by atoms with Crippen LogP contribution in [-0.4, -0.2) is 22.5 Å². The number of hydrogen-bond acceptors (Lipinski definition) is 4. The van der Waals surface area contributed by atoms with E-state index >= 15 is 0 Å². The van der Waals surface area contributed by atoms with Gasteiger partial charge in [-0.2, -0.15) is 18.3 Å².